The van der Waals surface area contributed by atoms with Crippen LogP contribution < -0.4 is 5.73 Å². The van der Waals surface area contributed by atoms with E-state index in [-0.39, 0.29) is 17.4 Å². The first-order valence-corrected chi connectivity index (χ1v) is 6.71. The molecule has 19 heavy (non-hydrogen) atoms. The summed E-state index contributed by atoms with van der Waals surface area (Å²) in [5.41, 5.74) is 6.26. The highest BCUT2D eigenvalue weighted by Gasteiger charge is 2.32. The second kappa shape index (κ2) is 6.98. The maximum absolute atomic E-state index is 13.9. The van der Waals surface area contributed by atoms with Gasteiger partial charge in [-0.3, -0.25) is 4.90 Å². The molecule has 4 heteroatoms. The largest absolute Gasteiger partial charge is 0.380 e. The average molecular weight is 268 g/mol. The van der Waals surface area contributed by atoms with Crippen molar-refractivity contribution in [1.82, 2.24) is 4.90 Å². The molecule has 0 aromatic heterocycles. The van der Waals surface area contributed by atoms with Crippen molar-refractivity contribution < 1.29 is 9.13 Å². The number of nitrogens with two attached hydrogens (primary N) is 1. The van der Waals surface area contributed by atoms with E-state index in [4.69, 9.17) is 10.5 Å². The number of hydrogen-bond donors (Lipinski definition) is 1. The number of benzene rings is 1. The van der Waals surface area contributed by atoms with Gasteiger partial charge in [0.25, 0.3) is 0 Å². The molecule has 1 aromatic rings. The van der Waals surface area contributed by atoms with Crippen LogP contribution in [0.15, 0.2) is 24.3 Å². The molecule has 0 aliphatic heterocycles. The number of halogens is 1. The Balaban J connectivity index is 2.91. The fourth-order valence-electron chi connectivity index (χ4n) is 2.12. The predicted molar refractivity (Wildman–Crippen MR) is 76.5 cm³/mol. The van der Waals surface area contributed by atoms with Gasteiger partial charge in [-0.15, -0.1) is 0 Å². The molecule has 2 N–H and O–H groups in total. The Kier molecular flexibility index (Phi) is 5.91. The van der Waals surface area contributed by atoms with Gasteiger partial charge in [0.05, 0.1) is 12.1 Å². The summed E-state index contributed by atoms with van der Waals surface area (Å²) in [5.74, 6) is -0.183. The van der Waals surface area contributed by atoms with Gasteiger partial charge in [-0.05, 0) is 33.9 Å². The second-order valence-corrected chi connectivity index (χ2v) is 5.15. The van der Waals surface area contributed by atoms with Gasteiger partial charge in [0.1, 0.15) is 5.82 Å². The van der Waals surface area contributed by atoms with Crippen LogP contribution in [0.5, 0.6) is 0 Å². The number of nitrogens with zero attached hydrogens (tertiary/aromatic N) is 1. The minimum atomic E-state index is -0.308. The van der Waals surface area contributed by atoms with Gasteiger partial charge in [0.2, 0.25) is 0 Å². The molecule has 0 amide bonds. The van der Waals surface area contributed by atoms with Gasteiger partial charge in [-0.1, -0.05) is 18.2 Å². The molecule has 2 unspecified atom stereocenters. The van der Waals surface area contributed by atoms with Crippen LogP contribution in [-0.4, -0.2) is 37.2 Å². The Labute approximate surface area is 115 Å². The van der Waals surface area contributed by atoms with Gasteiger partial charge in [-0.2, -0.15) is 0 Å². The Morgan fingerprint density at radius 3 is 2.58 bits per heavy atom. The molecule has 1 aromatic carbocycles. The first kappa shape index (κ1) is 16.1. The van der Waals surface area contributed by atoms with Gasteiger partial charge < -0.3 is 10.5 Å². The van der Waals surface area contributed by atoms with E-state index in [0.29, 0.717) is 25.3 Å². The Morgan fingerprint density at radius 1 is 1.42 bits per heavy atom. The first-order chi connectivity index (χ1) is 8.96. The van der Waals surface area contributed by atoms with Crippen molar-refractivity contribution in [2.24, 2.45) is 5.73 Å². The van der Waals surface area contributed by atoms with Crippen LogP contribution in [-0.2, 0) is 4.74 Å². The number of hydrogen-bond acceptors (Lipinski definition) is 3. The fourth-order valence-corrected chi connectivity index (χ4v) is 2.12. The molecule has 0 aliphatic rings. The predicted octanol–water partition coefficient (Wildman–Crippen LogP) is 2.57. The molecular formula is C15H25FN2O. The summed E-state index contributed by atoms with van der Waals surface area (Å²) in [4.78, 5) is 2.08. The molecule has 0 saturated heterocycles. The van der Waals surface area contributed by atoms with Gasteiger partial charge in [0.15, 0.2) is 0 Å². The van der Waals surface area contributed by atoms with E-state index >= 15 is 0 Å². The molecule has 0 heterocycles. The third kappa shape index (κ3) is 3.75. The van der Waals surface area contributed by atoms with E-state index in [9.17, 15) is 4.39 Å². The summed E-state index contributed by atoms with van der Waals surface area (Å²) in [5, 5.41) is 0. The lowest BCUT2D eigenvalue weighted by Crippen LogP contribution is -2.54. The number of likely N-dealkylation sites (N-methyl/N-ethyl adjacent to an activating group) is 1. The standard InChI is InChI=1S/C15H25FN2O/c1-5-19-11-15(3,10-17)18(4)12(2)13-8-6-7-9-14(13)16/h6-9,12H,5,10-11,17H2,1-4H3. The van der Waals surface area contributed by atoms with Crippen LogP contribution in [0.1, 0.15) is 32.4 Å². The lowest BCUT2D eigenvalue weighted by Gasteiger charge is -2.41. The topological polar surface area (TPSA) is 38.5 Å². The number of rotatable bonds is 7. The van der Waals surface area contributed by atoms with E-state index in [0.717, 1.165) is 0 Å². The molecule has 0 saturated carbocycles. The van der Waals surface area contributed by atoms with Gasteiger partial charge >= 0.3 is 0 Å². The highest BCUT2D eigenvalue weighted by Crippen LogP contribution is 2.27. The van der Waals surface area contributed by atoms with E-state index in [1.807, 2.05) is 40.0 Å². The van der Waals surface area contributed by atoms with Crippen LogP contribution in [0.25, 0.3) is 0 Å². The van der Waals surface area contributed by atoms with Crippen molar-refractivity contribution in [3.8, 4) is 0 Å². The van der Waals surface area contributed by atoms with Crippen LogP contribution in [0.3, 0.4) is 0 Å². The van der Waals surface area contributed by atoms with Crippen molar-refractivity contribution in [3.05, 3.63) is 35.6 Å². The van der Waals surface area contributed by atoms with Crippen molar-refractivity contribution >= 4 is 0 Å². The van der Waals surface area contributed by atoms with Crippen molar-refractivity contribution in [3.63, 3.8) is 0 Å². The average Bonchev–Trinajstić information content (AvgIpc) is 2.43. The van der Waals surface area contributed by atoms with Crippen LogP contribution in [0.4, 0.5) is 4.39 Å². The van der Waals surface area contributed by atoms with E-state index < -0.39 is 0 Å². The quantitative estimate of drug-likeness (QED) is 0.826. The lowest BCUT2D eigenvalue weighted by atomic mass is 9.96. The van der Waals surface area contributed by atoms with Crippen LogP contribution >= 0.6 is 0 Å². The molecule has 108 valence electrons. The van der Waals surface area contributed by atoms with Crippen LogP contribution in [0, 0.1) is 5.82 Å². The summed E-state index contributed by atoms with van der Waals surface area (Å²) in [6.45, 7) is 7.63. The molecule has 2 atom stereocenters. The molecule has 0 spiro atoms. The zero-order valence-corrected chi connectivity index (χ0v) is 12.3. The van der Waals surface area contributed by atoms with Gasteiger partial charge in [0, 0.05) is 24.8 Å². The van der Waals surface area contributed by atoms with E-state index in [1.54, 1.807) is 6.07 Å². The third-order valence-corrected chi connectivity index (χ3v) is 3.84. The summed E-state index contributed by atoms with van der Waals surface area (Å²) in [6, 6.07) is 6.80. The molecule has 0 bridgehead atoms. The minimum absolute atomic E-state index is 0.0600. The molecular weight excluding hydrogens is 243 g/mol. The van der Waals surface area contributed by atoms with Crippen molar-refractivity contribution in [2.45, 2.75) is 32.4 Å². The Morgan fingerprint density at radius 2 is 2.05 bits per heavy atom. The zero-order valence-electron chi connectivity index (χ0n) is 12.3. The monoisotopic (exact) mass is 268 g/mol. The third-order valence-electron chi connectivity index (χ3n) is 3.84. The zero-order chi connectivity index (χ0) is 14.5. The van der Waals surface area contributed by atoms with Gasteiger partial charge in [-0.25, -0.2) is 4.39 Å². The molecule has 1 rings (SSSR count). The molecule has 0 fully saturated rings. The molecule has 0 radical (unpaired) electrons. The van der Waals surface area contributed by atoms with Crippen LogP contribution in [0.2, 0.25) is 0 Å². The Bertz CT molecular complexity index is 399. The SMILES string of the molecule is CCOCC(C)(CN)N(C)C(C)c1ccccc1F. The summed E-state index contributed by atoms with van der Waals surface area (Å²) < 4.78 is 19.4. The maximum atomic E-state index is 13.9. The highest BCUT2D eigenvalue weighted by atomic mass is 19.1. The smallest absolute Gasteiger partial charge is 0.127 e. The molecule has 0 aliphatic carbocycles. The molecule has 3 nitrogen and oxygen atoms in total. The first-order valence-electron chi connectivity index (χ1n) is 6.71. The van der Waals surface area contributed by atoms with E-state index in [1.165, 1.54) is 6.07 Å². The summed E-state index contributed by atoms with van der Waals surface area (Å²) in [6.07, 6.45) is 0. The minimum Gasteiger partial charge on any atom is -0.380 e. The number of ether oxygens (including phenoxy) is 1. The second-order valence-electron chi connectivity index (χ2n) is 5.15. The van der Waals surface area contributed by atoms with Crippen molar-refractivity contribution in [2.75, 3.05) is 26.8 Å². The highest BCUT2D eigenvalue weighted by molar-refractivity contribution is 5.21. The summed E-state index contributed by atoms with van der Waals surface area (Å²) in [7, 11) is 1.96. The maximum Gasteiger partial charge on any atom is 0.127 e. The van der Waals surface area contributed by atoms with Crippen molar-refractivity contribution in [1.29, 1.82) is 0 Å². The normalized spacial score (nSPS) is 16.4. The van der Waals surface area contributed by atoms with E-state index in [2.05, 4.69) is 4.90 Å². The lowest BCUT2D eigenvalue weighted by molar-refractivity contribution is 0.00478. The fraction of sp³-hybridized carbons (Fsp3) is 0.600. The Hall–Kier alpha value is -0.970. The summed E-state index contributed by atoms with van der Waals surface area (Å²) >= 11 is 0.